The van der Waals surface area contributed by atoms with Crippen molar-refractivity contribution >= 4 is 27.9 Å². The number of nitrogens with one attached hydrogen (secondary N) is 2. The molecule has 1 aliphatic heterocycles. The Hall–Kier alpha value is -1.94. The third-order valence-electron chi connectivity index (χ3n) is 4.99. The number of hydrazine groups is 1. The zero-order valence-corrected chi connectivity index (χ0v) is 16.4. The molecular formula is C18H25N4O4S-. The van der Waals surface area contributed by atoms with Crippen LogP contribution >= 0.6 is 0 Å². The van der Waals surface area contributed by atoms with Crippen LogP contribution in [-0.4, -0.2) is 47.6 Å². The number of rotatable bonds is 8. The largest absolute Gasteiger partial charge is 0.759 e. The van der Waals surface area contributed by atoms with Gasteiger partial charge in [0.25, 0.3) is 0 Å². The summed E-state index contributed by atoms with van der Waals surface area (Å²) in [6.07, 6.45) is 4.86. The normalized spacial score (nSPS) is 16.5. The average Bonchev–Trinajstić information content (AvgIpc) is 2.70. The van der Waals surface area contributed by atoms with Gasteiger partial charge in [-0.15, -0.1) is 0 Å². The number of benzene rings is 1. The van der Waals surface area contributed by atoms with Crippen LogP contribution in [-0.2, 0) is 11.3 Å². The van der Waals surface area contributed by atoms with Gasteiger partial charge in [-0.05, 0) is 48.8 Å². The molecular weight excluding hydrogens is 368 g/mol. The molecule has 1 unspecified atom stereocenters. The molecule has 1 fully saturated rings. The molecule has 0 saturated carbocycles. The number of fused-ring (bicyclic) bond motifs is 1. The molecule has 1 aromatic carbocycles. The Kier molecular flexibility index (Phi) is 6.84. The van der Waals surface area contributed by atoms with Gasteiger partial charge in [0.15, 0.2) is 11.5 Å². The van der Waals surface area contributed by atoms with E-state index in [1.165, 1.54) is 0 Å². The van der Waals surface area contributed by atoms with Crippen molar-refractivity contribution < 1.29 is 18.2 Å². The summed E-state index contributed by atoms with van der Waals surface area (Å²) in [7, 11) is 3.27. The molecule has 148 valence electrons. The summed E-state index contributed by atoms with van der Waals surface area (Å²) in [5, 5.41) is 2.12. The summed E-state index contributed by atoms with van der Waals surface area (Å²) in [5.74, 6) is 2.94. The lowest BCUT2D eigenvalue weighted by Gasteiger charge is -2.33. The number of ether oxygens (including phenoxy) is 2. The lowest BCUT2D eigenvalue weighted by molar-refractivity contribution is 0.355. The first-order valence-electron chi connectivity index (χ1n) is 8.96. The zero-order valence-electron chi connectivity index (χ0n) is 15.6. The van der Waals surface area contributed by atoms with Crippen LogP contribution in [0.1, 0.15) is 19.3 Å². The molecule has 1 aromatic heterocycles. The molecule has 0 bridgehead atoms. The van der Waals surface area contributed by atoms with E-state index in [-0.39, 0.29) is 0 Å². The van der Waals surface area contributed by atoms with Crippen molar-refractivity contribution in [2.24, 2.45) is 5.92 Å². The summed E-state index contributed by atoms with van der Waals surface area (Å²) in [5.41, 5.74) is 2.71. The number of hydrogen-bond donors (Lipinski definition) is 2. The van der Waals surface area contributed by atoms with Crippen molar-refractivity contribution in [1.29, 1.82) is 0 Å². The van der Waals surface area contributed by atoms with Gasteiger partial charge >= 0.3 is 0 Å². The van der Waals surface area contributed by atoms with Crippen LogP contribution in [0.4, 0.5) is 5.82 Å². The Morgan fingerprint density at radius 2 is 1.96 bits per heavy atom. The van der Waals surface area contributed by atoms with E-state index in [0.717, 1.165) is 48.9 Å². The summed E-state index contributed by atoms with van der Waals surface area (Å²) >= 11 is -2.27. The van der Waals surface area contributed by atoms with Crippen LogP contribution in [0.2, 0.25) is 0 Å². The van der Waals surface area contributed by atoms with Crippen molar-refractivity contribution in [3.8, 4) is 11.5 Å². The fourth-order valence-corrected chi connectivity index (χ4v) is 3.78. The Morgan fingerprint density at radius 1 is 1.26 bits per heavy atom. The van der Waals surface area contributed by atoms with Gasteiger partial charge in [-0.2, -0.15) is 4.83 Å². The third-order valence-corrected chi connectivity index (χ3v) is 5.31. The van der Waals surface area contributed by atoms with Gasteiger partial charge in [0.1, 0.15) is 5.82 Å². The maximum absolute atomic E-state index is 10.4. The minimum absolute atomic E-state index is 0.570. The highest BCUT2D eigenvalue weighted by Crippen LogP contribution is 2.36. The van der Waals surface area contributed by atoms with E-state index >= 15 is 0 Å². The number of pyridine rings is 1. The number of hydrogen-bond acceptors (Lipinski definition) is 7. The van der Waals surface area contributed by atoms with Crippen molar-refractivity contribution in [1.82, 2.24) is 15.2 Å². The standard InChI is InChI=1S/C18H26N4O4S/c1-25-16-11-14-4-7-19-18(15(14)12-17(16)26-2)22-9-5-13(6-10-22)3-8-20-21-27(23)24/h4,7,11-13,20-21H,3,5-6,8-10H2,1-2H3,(H,23,24)/p-1. The molecule has 0 aliphatic carbocycles. The van der Waals surface area contributed by atoms with Gasteiger partial charge in [-0.3, -0.25) is 4.21 Å². The Bertz CT molecular complexity index is 796. The smallest absolute Gasteiger partial charge is 0.161 e. The first-order valence-corrected chi connectivity index (χ1v) is 10.0. The molecule has 2 N–H and O–H groups in total. The van der Waals surface area contributed by atoms with Gasteiger partial charge < -0.3 is 18.9 Å². The van der Waals surface area contributed by atoms with Crippen LogP contribution in [0.15, 0.2) is 24.4 Å². The molecule has 1 atom stereocenters. The second-order valence-corrected chi connectivity index (χ2v) is 7.22. The van der Waals surface area contributed by atoms with E-state index < -0.39 is 11.3 Å². The highest BCUT2D eigenvalue weighted by atomic mass is 32.2. The Morgan fingerprint density at radius 3 is 2.63 bits per heavy atom. The molecule has 27 heavy (non-hydrogen) atoms. The van der Waals surface area contributed by atoms with E-state index in [1.807, 2.05) is 24.4 Å². The minimum Gasteiger partial charge on any atom is -0.759 e. The van der Waals surface area contributed by atoms with Gasteiger partial charge in [0.05, 0.1) is 14.2 Å². The molecule has 0 radical (unpaired) electrons. The second kappa shape index (κ2) is 9.32. The fraction of sp³-hybridized carbons (Fsp3) is 0.500. The predicted molar refractivity (Wildman–Crippen MR) is 104 cm³/mol. The second-order valence-electron chi connectivity index (χ2n) is 6.55. The number of methoxy groups -OCH3 is 2. The Labute approximate surface area is 161 Å². The average molecular weight is 393 g/mol. The molecule has 9 heteroatoms. The van der Waals surface area contributed by atoms with Gasteiger partial charge in [-0.25, -0.2) is 10.4 Å². The molecule has 2 heterocycles. The number of aromatic nitrogens is 1. The van der Waals surface area contributed by atoms with Crippen molar-refractivity contribution in [3.05, 3.63) is 24.4 Å². The predicted octanol–water partition coefficient (Wildman–Crippen LogP) is 1.75. The zero-order chi connectivity index (χ0) is 19.2. The van der Waals surface area contributed by atoms with E-state index in [1.54, 1.807) is 14.2 Å². The Balaban J connectivity index is 1.67. The lowest BCUT2D eigenvalue weighted by Crippen LogP contribution is -2.38. The molecule has 0 amide bonds. The summed E-state index contributed by atoms with van der Waals surface area (Å²) in [6, 6.07) is 5.94. The third kappa shape index (κ3) is 4.86. The maximum atomic E-state index is 10.4. The molecule has 0 spiro atoms. The minimum atomic E-state index is -2.27. The van der Waals surface area contributed by atoms with Crippen LogP contribution in [0.25, 0.3) is 10.8 Å². The molecule has 8 nitrogen and oxygen atoms in total. The first-order chi connectivity index (χ1) is 13.1. The lowest BCUT2D eigenvalue weighted by atomic mass is 9.93. The van der Waals surface area contributed by atoms with Crippen LogP contribution in [0, 0.1) is 5.92 Å². The quantitative estimate of drug-likeness (QED) is 0.400. The van der Waals surface area contributed by atoms with E-state index in [0.29, 0.717) is 24.0 Å². The van der Waals surface area contributed by atoms with Crippen LogP contribution in [0.5, 0.6) is 11.5 Å². The SMILES string of the molecule is COc1cc2ccnc(N3CCC(CCNNS(=O)[O-])CC3)c2cc1OC. The topological polar surface area (TPSA) is 98.8 Å². The molecule has 3 rings (SSSR count). The van der Waals surface area contributed by atoms with Gasteiger partial charge in [0.2, 0.25) is 0 Å². The molecule has 1 aliphatic rings. The van der Waals surface area contributed by atoms with Gasteiger partial charge in [-0.1, -0.05) is 0 Å². The number of nitrogens with zero attached hydrogens (tertiary/aromatic N) is 2. The fourth-order valence-electron chi connectivity index (χ4n) is 3.56. The summed E-state index contributed by atoms with van der Waals surface area (Å²) in [6.45, 7) is 2.47. The van der Waals surface area contributed by atoms with Gasteiger partial charge in [0, 0.05) is 42.5 Å². The molecule has 2 aromatic rings. The molecule has 1 saturated heterocycles. The summed E-state index contributed by atoms with van der Waals surface area (Å²) < 4.78 is 31.7. The maximum Gasteiger partial charge on any atom is 0.161 e. The van der Waals surface area contributed by atoms with Crippen LogP contribution in [0.3, 0.4) is 0 Å². The van der Waals surface area contributed by atoms with E-state index in [9.17, 15) is 8.76 Å². The summed E-state index contributed by atoms with van der Waals surface area (Å²) in [4.78, 5) is 9.11. The number of piperidine rings is 1. The monoisotopic (exact) mass is 393 g/mol. The van der Waals surface area contributed by atoms with E-state index in [4.69, 9.17) is 9.47 Å². The van der Waals surface area contributed by atoms with E-state index in [2.05, 4.69) is 20.1 Å². The van der Waals surface area contributed by atoms with Crippen molar-refractivity contribution in [2.45, 2.75) is 19.3 Å². The number of anilines is 1. The van der Waals surface area contributed by atoms with Crippen molar-refractivity contribution in [3.63, 3.8) is 0 Å². The highest BCUT2D eigenvalue weighted by Gasteiger charge is 2.22. The first kappa shape index (κ1) is 19.8. The van der Waals surface area contributed by atoms with Crippen molar-refractivity contribution in [2.75, 3.05) is 38.8 Å². The highest BCUT2D eigenvalue weighted by molar-refractivity contribution is 7.76. The van der Waals surface area contributed by atoms with Crippen LogP contribution < -0.4 is 24.6 Å².